The van der Waals surface area contributed by atoms with Gasteiger partial charge in [-0.1, -0.05) is 167 Å². The molecule has 8 N–H and O–H groups in total. The predicted octanol–water partition coefficient (Wildman–Crippen LogP) is 9.50. The van der Waals surface area contributed by atoms with Gasteiger partial charge in [-0.2, -0.15) is 0 Å². The Morgan fingerprint density at radius 3 is 1.24 bits per heavy atom. The minimum atomic E-state index is -1.37. The Balaban J connectivity index is 0.000000581. The summed E-state index contributed by atoms with van der Waals surface area (Å²) in [5.74, 6) is -13.0. The number of hydrogen-bond acceptors (Lipinski definition) is 26. The zero-order valence-electron chi connectivity index (χ0n) is 84.9. The Morgan fingerprint density at radius 1 is 0.511 bits per heavy atom. The highest BCUT2D eigenvalue weighted by atomic mass is 16.7. The van der Waals surface area contributed by atoms with Crippen molar-refractivity contribution in [3.05, 3.63) is 153 Å². The van der Waals surface area contributed by atoms with Crippen LogP contribution in [0.3, 0.4) is 0 Å². The van der Waals surface area contributed by atoms with Crippen molar-refractivity contribution in [3.8, 4) is 5.75 Å². The zero-order valence-corrected chi connectivity index (χ0v) is 84.9. The molecule has 139 heavy (non-hydrogen) atoms. The standard InChI is InChI=1S/C51H70N6O14.C50H78N6O12/c1-13-30(5)43-46(60)53-35(10)50(64)71-44(31(6)14-2)33(8)40(70-51(65)68-38-23-21-37(22-24-38)57(66)67)25-20-32(7)49(63)69-41(26-29(3)4)45(59)52-34(9)47(61)56(12)39(27-36-18-16-15-17-19-36)48(62)55(11)28-42(58)54-43;1-13-31(5)42-45(60)53-36(10)49(64)68-43(32(6)14-2)34(8)39(67-50(65)51-25-19-16-20-26-57)24-23-33(7)48(63)66-40(27-30(3)4)44(59)52-35(9)46(61)56(12)38(28-37-21-17-15-18-22-37)47(62)55(11)29-41(58)54-42/h14-24,29-30,33-35,39-41,43-44H,13,25-28H2,1-12H3,(H,52,59)(H,53,60)(H,54,58);14-15,17-18,21-23,30-31,34-36,38-40,42-43,57H,13,16,19-20,24-29H2,1-12H3,(H,51,65)(H,52,59)(H,53,60)(H,54,58)/b31-14+,32-20+;32-14+,33-23+/t30?,33-,34-,35+,39+,40-,41+,43-,44+;31?,34-,35-,36+,38+,39-,40+,42-,43+/m00/s1. The fourth-order valence-corrected chi connectivity index (χ4v) is 15.0. The molecular formula is C101H148N12O26. The molecule has 0 bridgehead atoms. The maximum Gasteiger partial charge on any atom is 0.514 e. The monoisotopic (exact) mass is 1950 g/mol. The second kappa shape index (κ2) is 58.7. The van der Waals surface area contributed by atoms with Gasteiger partial charge < -0.3 is 95.1 Å². The first-order chi connectivity index (χ1) is 65.4. The van der Waals surface area contributed by atoms with Gasteiger partial charge in [-0.3, -0.25) is 58.1 Å². The highest BCUT2D eigenvalue weighted by Crippen LogP contribution is 2.31. The maximum absolute atomic E-state index is 14.3. The molecule has 2 unspecified atom stereocenters. The fourth-order valence-electron chi connectivity index (χ4n) is 15.0. The van der Waals surface area contributed by atoms with E-state index in [0.29, 0.717) is 48.8 Å². The molecule has 2 aliphatic rings. The van der Waals surface area contributed by atoms with Crippen LogP contribution in [-0.4, -0.2) is 264 Å². The number of rotatable bonds is 23. The van der Waals surface area contributed by atoms with E-state index < -0.39 is 222 Å². The third-order valence-corrected chi connectivity index (χ3v) is 24.5. The van der Waals surface area contributed by atoms with Crippen molar-refractivity contribution in [1.29, 1.82) is 0 Å². The molecule has 0 aliphatic carbocycles. The van der Waals surface area contributed by atoms with E-state index in [-0.39, 0.29) is 86.1 Å². The summed E-state index contributed by atoms with van der Waals surface area (Å²) in [6.07, 6.45) is 0.142. The number of nitrogens with one attached hydrogen (secondary N) is 7. The van der Waals surface area contributed by atoms with Crippen molar-refractivity contribution in [3.63, 3.8) is 0 Å². The Hall–Kier alpha value is -12.9. The number of non-ortho nitro benzene ring substituents is 1. The quantitative estimate of drug-likeness (QED) is 0.00832. The number of carbonyl (C=O) groups excluding carboxylic acids is 16. The van der Waals surface area contributed by atoms with Crippen molar-refractivity contribution >= 4 is 101 Å². The van der Waals surface area contributed by atoms with E-state index in [1.165, 1.54) is 104 Å². The number of benzene rings is 3. The molecule has 38 nitrogen and oxygen atoms in total. The Bertz CT molecular complexity index is 4790. The number of allylic oxidation sites excluding steroid dienone is 2. The summed E-state index contributed by atoms with van der Waals surface area (Å²) in [4.78, 5) is 237. The number of esters is 4. The SMILES string of the molecule is C/C=C(\C)[C@H]1OC(=O)[C@@H](C)NC(=O)[C@H](C(C)CC)NC(=O)CN(C)C(=O)[C@@H](Cc2ccccc2)N(C)C(=O)[C@H](C)NC(=O)[C@@H](CC(C)C)OC(=O)/C(C)=C/C[C@H](OC(=O)NCCCCCO)[C@@H]1C.C/C=C(\C)[C@H]1OC(=O)[C@@H](C)NC(=O)[C@H](C(C)CC)NC(=O)CN(C)C(=O)[C@@H](Cc2ccccc2)N(C)C(=O)[C@H](C)NC(=O)[C@@H](CC(C)C)OC(=O)/C(C)=C/C[C@H](OC(=O)Oc2ccc([N+](=O)[O-])cc2)[C@@H]1C. The number of likely N-dealkylation sites (N-methyl/N-ethyl adjacent to an activating group) is 4. The van der Waals surface area contributed by atoms with Crippen molar-refractivity contribution in [1.82, 2.24) is 56.8 Å². The second-order valence-corrected chi connectivity index (χ2v) is 36.7. The number of hydrogen-bond donors (Lipinski definition) is 8. The smallest absolute Gasteiger partial charge is 0.456 e. The third kappa shape index (κ3) is 38.4. The molecule has 11 amide bonds. The van der Waals surface area contributed by atoms with Gasteiger partial charge in [0, 0.05) is 102 Å². The van der Waals surface area contributed by atoms with Gasteiger partial charge in [-0.05, 0) is 159 Å². The van der Waals surface area contributed by atoms with E-state index in [0.717, 1.165) is 27.5 Å². The number of alkyl carbamates (subject to hydrolysis) is 1. The van der Waals surface area contributed by atoms with Gasteiger partial charge in [0.2, 0.25) is 47.3 Å². The molecule has 3 aromatic carbocycles. The number of aliphatic hydroxyl groups excluding tert-OH is 1. The Morgan fingerprint density at radius 2 is 0.885 bits per heavy atom. The lowest BCUT2D eigenvalue weighted by molar-refractivity contribution is -0.384. The van der Waals surface area contributed by atoms with Crippen LogP contribution in [0.15, 0.2) is 132 Å². The highest BCUT2D eigenvalue weighted by Gasteiger charge is 2.42. The first kappa shape index (κ1) is 118. The summed E-state index contributed by atoms with van der Waals surface area (Å²) in [7, 11) is 5.63. The van der Waals surface area contributed by atoms with Crippen LogP contribution in [0.2, 0.25) is 0 Å². The molecule has 0 saturated carbocycles. The minimum Gasteiger partial charge on any atom is -0.456 e. The first-order valence-electron chi connectivity index (χ1n) is 47.5. The van der Waals surface area contributed by atoms with E-state index in [9.17, 15) is 86.8 Å². The number of ether oxygens (including phenoxy) is 7. The number of nitro benzene ring substituents is 1. The van der Waals surface area contributed by atoms with Gasteiger partial charge in [0.1, 0.15) is 78.5 Å². The van der Waals surface area contributed by atoms with Crippen molar-refractivity contribution < 1.29 is 120 Å². The normalized spacial score (nSPS) is 26.0. The average Bonchev–Trinajstić information content (AvgIpc) is 0.834. The molecule has 0 spiro atoms. The second-order valence-electron chi connectivity index (χ2n) is 36.7. The molecule has 2 aliphatic heterocycles. The fraction of sp³-hybridized carbons (Fsp3) is 0.584. The molecule has 0 aromatic heterocycles. The maximum atomic E-state index is 14.3. The van der Waals surface area contributed by atoms with Gasteiger partial charge in [-0.25, -0.2) is 28.8 Å². The number of aliphatic hydroxyl groups is 1. The van der Waals surface area contributed by atoms with E-state index in [4.69, 9.17) is 38.3 Å². The molecule has 5 rings (SSSR count). The molecule has 768 valence electrons. The van der Waals surface area contributed by atoms with Gasteiger partial charge in [0.25, 0.3) is 17.5 Å². The Kier molecular flexibility index (Phi) is 50.0. The van der Waals surface area contributed by atoms with Crippen LogP contribution in [0.5, 0.6) is 5.75 Å². The summed E-state index contributed by atoms with van der Waals surface area (Å²) in [6, 6.07) is 13.1. The van der Waals surface area contributed by atoms with E-state index in [2.05, 4.69) is 37.2 Å². The van der Waals surface area contributed by atoms with E-state index in [1.807, 2.05) is 47.6 Å². The minimum absolute atomic E-state index is 0.00312. The summed E-state index contributed by atoms with van der Waals surface area (Å²) in [5, 5.41) is 39.1. The predicted molar refractivity (Wildman–Crippen MR) is 517 cm³/mol. The van der Waals surface area contributed by atoms with Crippen LogP contribution < -0.4 is 42.0 Å². The van der Waals surface area contributed by atoms with Crippen LogP contribution >= 0.6 is 0 Å². The summed E-state index contributed by atoms with van der Waals surface area (Å²) in [5.41, 5.74) is 2.39. The zero-order chi connectivity index (χ0) is 105. The first-order valence-corrected chi connectivity index (χ1v) is 47.5. The topological polar surface area (TPSA) is 498 Å². The summed E-state index contributed by atoms with van der Waals surface area (Å²) < 4.78 is 40.7. The molecule has 0 saturated heterocycles. The van der Waals surface area contributed by atoms with Gasteiger partial charge >= 0.3 is 36.1 Å². The lowest BCUT2D eigenvalue weighted by Gasteiger charge is -2.33. The lowest BCUT2D eigenvalue weighted by Crippen LogP contribution is -2.57. The number of nitro groups is 1. The van der Waals surface area contributed by atoms with Crippen molar-refractivity contribution in [2.75, 3.05) is 54.4 Å². The van der Waals surface area contributed by atoms with Crippen LogP contribution in [0.1, 0.15) is 207 Å². The molecule has 38 heteroatoms. The third-order valence-electron chi connectivity index (χ3n) is 24.5. The van der Waals surface area contributed by atoms with Crippen LogP contribution in [-0.2, 0) is 108 Å². The largest absolute Gasteiger partial charge is 0.514 e. The molecule has 2 heterocycles. The number of cyclic esters (lactones) is 4. The molecule has 18 atom stereocenters. The molecule has 0 radical (unpaired) electrons. The summed E-state index contributed by atoms with van der Waals surface area (Å²) in [6.45, 7) is 32.6. The number of carbonyl (C=O) groups is 16. The molecule has 0 fully saturated rings. The van der Waals surface area contributed by atoms with Crippen molar-refractivity contribution in [2.45, 2.75) is 294 Å². The van der Waals surface area contributed by atoms with Crippen LogP contribution in [0.25, 0.3) is 0 Å². The average molecular weight is 1950 g/mol. The lowest BCUT2D eigenvalue weighted by atomic mass is 9.90. The van der Waals surface area contributed by atoms with Crippen molar-refractivity contribution in [2.24, 2.45) is 35.5 Å². The molecule has 3 aromatic rings. The number of unbranched alkanes of at least 4 members (excludes halogenated alkanes) is 2. The number of amides is 11. The summed E-state index contributed by atoms with van der Waals surface area (Å²) >= 11 is 0. The van der Waals surface area contributed by atoms with Gasteiger partial charge in [-0.15, -0.1) is 0 Å². The van der Waals surface area contributed by atoms with E-state index >= 15 is 0 Å². The Labute approximate surface area is 816 Å². The number of nitrogens with zero attached hydrogens (tertiary/aromatic N) is 5. The van der Waals surface area contributed by atoms with Gasteiger partial charge in [0.15, 0.2) is 12.2 Å². The van der Waals surface area contributed by atoms with Gasteiger partial charge in [0.05, 0.1) is 18.0 Å². The van der Waals surface area contributed by atoms with Crippen LogP contribution in [0, 0.1) is 45.6 Å². The van der Waals surface area contributed by atoms with E-state index in [1.54, 1.807) is 122 Å². The molecular weight excluding hydrogens is 1800 g/mol. The van der Waals surface area contributed by atoms with Crippen LogP contribution in [0.4, 0.5) is 15.3 Å². The highest BCUT2D eigenvalue weighted by molar-refractivity contribution is 5.99.